The summed E-state index contributed by atoms with van der Waals surface area (Å²) in [5.41, 5.74) is 1.23. The highest BCUT2D eigenvalue weighted by Gasteiger charge is 2.28. The van der Waals surface area contributed by atoms with Crippen LogP contribution >= 0.6 is 0 Å². The van der Waals surface area contributed by atoms with Crippen molar-refractivity contribution in [1.29, 1.82) is 0 Å². The van der Waals surface area contributed by atoms with E-state index in [1.807, 2.05) is 13.2 Å². The van der Waals surface area contributed by atoms with Gasteiger partial charge in [0.2, 0.25) is 0 Å². The molecule has 1 aromatic heterocycles. The fraction of sp³-hybridized carbons (Fsp3) is 0.714. The van der Waals surface area contributed by atoms with E-state index in [0.717, 1.165) is 64.2 Å². The molecule has 3 rings (SSSR count). The molecule has 0 amide bonds. The molecule has 7 nitrogen and oxygen atoms in total. The lowest BCUT2D eigenvalue weighted by atomic mass is 10.2. The van der Waals surface area contributed by atoms with Crippen LogP contribution in [0.5, 0.6) is 0 Å². The van der Waals surface area contributed by atoms with E-state index < -0.39 is 0 Å². The maximum Gasteiger partial charge on any atom is 0.193 e. The zero-order chi connectivity index (χ0) is 19.9. The number of rotatable bonds is 6. The van der Waals surface area contributed by atoms with Crippen molar-refractivity contribution in [3.63, 3.8) is 0 Å². The first kappa shape index (κ1) is 20.9. The van der Waals surface area contributed by atoms with E-state index >= 15 is 0 Å². The number of aliphatic imine (C=N–C) groups is 1. The average molecular weight is 389 g/mol. The quantitative estimate of drug-likeness (QED) is 0.592. The van der Waals surface area contributed by atoms with Gasteiger partial charge in [-0.25, -0.2) is 4.98 Å². The number of morpholine rings is 1. The molecule has 3 heterocycles. The number of hydrogen-bond acceptors (Lipinski definition) is 5. The molecule has 0 saturated carbocycles. The minimum absolute atomic E-state index is 0.255. The van der Waals surface area contributed by atoms with Crippen LogP contribution in [-0.2, 0) is 11.3 Å². The summed E-state index contributed by atoms with van der Waals surface area (Å²) < 4.78 is 5.65. The molecule has 2 unspecified atom stereocenters. The van der Waals surface area contributed by atoms with Crippen LogP contribution in [0.15, 0.2) is 23.3 Å². The van der Waals surface area contributed by atoms with Crippen molar-refractivity contribution >= 4 is 11.8 Å². The number of anilines is 1. The number of aromatic nitrogens is 1. The Kier molecular flexibility index (Phi) is 7.50. The van der Waals surface area contributed by atoms with E-state index in [-0.39, 0.29) is 6.10 Å². The zero-order valence-electron chi connectivity index (χ0n) is 17.9. The summed E-state index contributed by atoms with van der Waals surface area (Å²) in [6.07, 6.45) is 3.36. The number of pyridine rings is 1. The number of hydrogen-bond donors (Lipinski definition) is 1. The summed E-state index contributed by atoms with van der Waals surface area (Å²) in [4.78, 5) is 16.3. The normalized spacial score (nSPS) is 23.5. The Balaban J connectivity index is 1.56. The maximum atomic E-state index is 5.65. The second-order valence-electron chi connectivity index (χ2n) is 7.66. The van der Waals surface area contributed by atoms with Crippen LogP contribution in [0.2, 0.25) is 0 Å². The lowest BCUT2D eigenvalue weighted by Crippen LogP contribution is -2.43. The van der Waals surface area contributed by atoms with E-state index in [2.05, 4.69) is 62.9 Å². The van der Waals surface area contributed by atoms with Gasteiger partial charge in [0.25, 0.3) is 0 Å². The number of nitrogens with one attached hydrogen (secondary N) is 1. The molecule has 2 aliphatic rings. The Labute approximate surface area is 169 Å². The van der Waals surface area contributed by atoms with Crippen molar-refractivity contribution in [2.45, 2.75) is 45.9 Å². The SMILES string of the molecule is CCN(CC)C1CCN(C(=NC)NCc2ccnc(N3CCOC(C)C3)c2)C1. The van der Waals surface area contributed by atoms with Crippen molar-refractivity contribution in [2.75, 3.05) is 57.8 Å². The minimum atomic E-state index is 0.255. The van der Waals surface area contributed by atoms with E-state index in [0.29, 0.717) is 6.04 Å². The summed E-state index contributed by atoms with van der Waals surface area (Å²) in [5, 5.41) is 3.55. The fourth-order valence-corrected chi connectivity index (χ4v) is 4.26. The third-order valence-corrected chi connectivity index (χ3v) is 5.83. The summed E-state index contributed by atoms with van der Waals surface area (Å²) in [6, 6.07) is 4.89. The van der Waals surface area contributed by atoms with Gasteiger partial charge in [0.15, 0.2) is 5.96 Å². The van der Waals surface area contributed by atoms with E-state index in [1.165, 1.54) is 12.0 Å². The molecule has 2 saturated heterocycles. The van der Waals surface area contributed by atoms with E-state index in [4.69, 9.17) is 4.74 Å². The van der Waals surface area contributed by atoms with Crippen LogP contribution in [0.1, 0.15) is 32.8 Å². The van der Waals surface area contributed by atoms with Crippen LogP contribution in [0.4, 0.5) is 5.82 Å². The standard InChI is InChI=1S/C21H36N6O/c1-5-25(6-2)19-8-10-27(16-19)21(22-4)24-14-18-7-9-23-20(13-18)26-11-12-28-17(3)15-26/h7,9,13,17,19H,5-6,8,10-12,14-16H2,1-4H3,(H,22,24). The minimum Gasteiger partial charge on any atom is -0.375 e. The van der Waals surface area contributed by atoms with Crippen LogP contribution in [0.25, 0.3) is 0 Å². The number of likely N-dealkylation sites (N-methyl/N-ethyl adjacent to an activating group) is 1. The Morgan fingerprint density at radius 3 is 2.86 bits per heavy atom. The van der Waals surface area contributed by atoms with Gasteiger partial charge in [0.05, 0.1) is 12.7 Å². The summed E-state index contributed by atoms with van der Waals surface area (Å²) in [6.45, 7) is 14.3. The Hall–Kier alpha value is -1.86. The first-order chi connectivity index (χ1) is 13.6. The summed E-state index contributed by atoms with van der Waals surface area (Å²) in [5.74, 6) is 2.03. The average Bonchev–Trinajstić information content (AvgIpc) is 3.19. The van der Waals surface area contributed by atoms with Crippen LogP contribution < -0.4 is 10.2 Å². The molecule has 2 fully saturated rings. The fourth-order valence-electron chi connectivity index (χ4n) is 4.26. The Bertz CT molecular complexity index is 648. The molecule has 2 atom stereocenters. The lowest BCUT2D eigenvalue weighted by molar-refractivity contribution is 0.0529. The van der Waals surface area contributed by atoms with Gasteiger partial charge in [-0.05, 0) is 44.1 Å². The molecular weight excluding hydrogens is 352 g/mol. The van der Waals surface area contributed by atoms with Crippen LogP contribution in [0, 0.1) is 0 Å². The lowest BCUT2D eigenvalue weighted by Gasteiger charge is -2.32. The van der Waals surface area contributed by atoms with Gasteiger partial charge >= 0.3 is 0 Å². The molecule has 156 valence electrons. The molecule has 7 heteroatoms. The maximum absolute atomic E-state index is 5.65. The van der Waals surface area contributed by atoms with E-state index in [1.54, 1.807) is 0 Å². The second-order valence-corrected chi connectivity index (χ2v) is 7.66. The number of guanidine groups is 1. The van der Waals surface area contributed by atoms with Gasteiger partial charge in [-0.1, -0.05) is 13.8 Å². The molecule has 0 spiro atoms. The van der Waals surface area contributed by atoms with Gasteiger partial charge in [0.1, 0.15) is 5.82 Å². The first-order valence-electron chi connectivity index (χ1n) is 10.7. The van der Waals surface area contributed by atoms with Crippen molar-refractivity contribution in [3.8, 4) is 0 Å². The van der Waals surface area contributed by atoms with Gasteiger partial charge in [-0.3, -0.25) is 9.89 Å². The molecule has 1 aromatic rings. The highest BCUT2D eigenvalue weighted by molar-refractivity contribution is 5.80. The third kappa shape index (κ3) is 5.14. The van der Waals surface area contributed by atoms with Gasteiger partial charge in [-0.15, -0.1) is 0 Å². The largest absolute Gasteiger partial charge is 0.375 e. The number of likely N-dealkylation sites (tertiary alicyclic amines) is 1. The van der Waals surface area contributed by atoms with Crippen molar-refractivity contribution in [3.05, 3.63) is 23.9 Å². The predicted molar refractivity (Wildman–Crippen MR) is 115 cm³/mol. The van der Waals surface area contributed by atoms with Crippen LogP contribution in [0.3, 0.4) is 0 Å². The van der Waals surface area contributed by atoms with Gasteiger partial charge in [-0.2, -0.15) is 0 Å². The second kappa shape index (κ2) is 10.1. The van der Waals surface area contributed by atoms with Crippen molar-refractivity contribution in [1.82, 2.24) is 20.1 Å². The first-order valence-corrected chi connectivity index (χ1v) is 10.7. The highest BCUT2D eigenvalue weighted by Crippen LogP contribution is 2.18. The van der Waals surface area contributed by atoms with Crippen LogP contribution in [-0.4, -0.2) is 85.8 Å². The topological polar surface area (TPSA) is 56.2 Å². The van der Waals surface area contributed by atoms with Crippen molar-refractivity contribution in [2.24, 2.45) is 4.99 Å². The monoisotopic (exact) mass is 388 g/mol. The molecular formula is C21H36N6O. The van der Waals surface area contributed by atoms with E-state index in [9.17, 15) is 0 Å². The highest BCUT2D eigenvalue weighted by atomic mass is 16.5. The van der Waals surface area contributed by atoms with Crippen molar-refractivity contribution < 1.29 is 4.74 Å². The third-order valence-electron chi connectivity index (χ3n) is 5.83. The Morgan fingerprint density at radius 1 is 1.32 bits per heavy atom. The summed E-state index contributed by atoms with van der Waals surface area (Å²) >= 11 is 0. The molecule has 0 aromatic carbocycles. The zero-order valence-corrected chi connectivity index (χ0v) is 17.9. The molecule has 2 aliphatic heterocycles. The van der Waals surface area contributed by atoms with Gasteiger partial charge < -0.3 is 19.9 Å². The number of ether oxygens (including phenoxy) is 1. The molecule has 0 aliphatic carbocycles. The molecule has 1 N–H and O–H groups in total. The molecule has 28 heavy (non-hydrogen) atoms. The van der Waals surface area contributed by atoms with Gasteiger partial charge in [0, 0.05) is 52.0 Å². The summed E-state index contributed by atoms with van der Waals surface area (Å²) in [7, 11) is 1.88. The predicted octanol–water partition coefficient (Wildman–Crippen LogP) is 1.80. The molecule has 0 bridgehead atoms. The molecule has 0 radical (unpaired) electrons. The Morgan fingerprint density at radius 2 is 2.14 bits per heavy atom. The smallest absolute Gasteiger partial charge is 0.193 e. The number of nitrogens with zero attached hydrogens (tertiary/aromatic N) is 5.